The zero-order valence-corrected chi connectivity index (χ0v) is 10.4. The van der Waals surface area contributed by atoms with E-state index >= 15 is 0 Å². The van der Waals surface area contributed by atoms with Crippen molar-refractivity contribution in [2.45, 2.75) is 6.42 Å². The van der Waals surface area contributed by atoms with E-state index in [0.717, 1.165) is 5.56 Å². The van der Waals surface area contributed by atoms with Gasteiger partial charge in [0.1, 0.15) is 5.75 Å². The molecule has 2 rings (SSSR count). The lowest BCUT2D eigenvalue weighted by atomic mass is 9.97. The zero-order valence-electron chi connectivity index (χ0n) is 10.4. The van der Waals surface area contributed by atoms with Crippen LogP contribution in [0.4, 0.5) is 17.1 Å². The molecule has 2 aromatic carbocycles. The molecule has 0 aliphatic rings. The number of aromatic hydroxyl groups is 1. The van der Waals surface area contributed by atoms with Gasteiger partial charge in [0.25, 0.3) is 0 Å². The van der Waals surface area contributed by atoms with Gasteiger partial charge in [0.15, 0.2) is 0 Å². The molecule has 0 atom stereocenters. The lowest BCUT2D eigenvalue weighted by Gasteiger charge is -2.13. The molecule has 0 aliphatic carbocycles. The van der Waals surface area contributed by atoms with E-state index in [-0.39, 0.29) is 12.4 Å². The molecular weight excluding hydrogens is 242 g/mol. The number of rotatable bonds is 3. The van der Waals surface area contributed by atoms with E-state index in [1.807, 2.05) is 0 Å². The first-order chi connectivity index (χ1) is 9.02. The minimum absolute atomic E-state index is 0.0196. The summed E-state index contributed by atoms with van der Waals surface area (Å²) in [6.45, 7) is 0.0196. The second kappa shape index (κ2) is 5.07. The summed E-state index contributed by atoms with van der Waals surface area (Å²) in [7, 11) is 0. The predicted octanol–water partition coefficient (Wildman–Crippen LogP) is 1.34. The summed E-state index contributed by atoms with van der Waals surface area (Å²) in [5, 5.41) is 18.9. The predicted molar refractivity (Wildman–Crippen MR) is 77.6 cm³/mol. The third-order valence-corrected chi connectivity index (χ3v) is 2.98. The van der Waals surface area contributed by atoms with Gasteiger partial charge in [0.2, 0.25) is 0 Å². The maximum Gasteiger partial charge on any atom is 0.123 e. The average molecular weight is 259 g/mol. The molecule has 8 N–H and O–H groups in total. The van der Waals surface area contributed by atoms with Gasteiger partial charge in [-0.05, 0) is 42.3 Å². The Morgan fingerprint density at radius 2 is 1.68 bits per heavy atom. The summed E-state index contributed by atoms with van der Waals surface area (Å²) < 4.78 is 0. The van der Waals surface area contributed by atoms with Crippen molar-refractivity contribution in [2.24, 2.45) is 0 Å². The summed E-state index contributed by atoms with van der Waals surface area (Å²) >= 11 is 0. The smallest absolute Gasteiger partial charge is 0.123 e. The van der Waals surface area contributed by atoms with Crippen LogP contribution >= 0.6 is 0 Å². The van der Waals surface area contributed by atoms with Gasteiger partial charge in [0.05, 0.1) is 11.4 Å². The highest BCUT2D eigenvalue weighted by Crippen LogP contribution is 2.37. The Morgan fingerprint density at radius 1 is 0.947 bits per heavy atom. The quantitative estimate of drug-likeness (QED) is 0.421. The SMILES string of the molecule is Nc1ccc(O)c(-c2cc(CCO)cc(N)c2N)c1. The standard InChI is InChI=1S/C14H17N3O2/c15-9-1-2-13(19)10(7-9)11-5-8(3-4-18)6-12(16)14(11)17/h1-2,5-7,18-19H,3-4,15-17H2. The van der Waals surface area contributed by atoms with Gasteiger partial charge in [-0.25, -0.2) is 0 Å². The van der Waals surface area contributed by atoms with Crippen molar-refractivity contribution in [3.63, 3.8) is 0 Å². The summed E-state index contributed by atoms with van der Waals surface area (Å²) in [6, 6.07) is 8.28. The maximum atomic E-state index is 9.92. The van der Waals surface area contributed by atoms with Crippen molar-refractivity contribution in [3.8, 4) is 16.9 Å². The number of benzene rings is 2. The number of anilines is 3. The van der Waals surface area contributed by atoms with E-state index < -0.39 is 0 Å². The van der Waals surface area contributed by atoms with E-state index in [0.29, 0.717) is 34.6 Å². The summed E-state index contributed by atoms with van der Waals surface area (Å²) in [5.41, 5.74) is 20.9. The highest BCUT2D eigenvalue weighted by atomic mass is 16.3. The molecule has 0 heterocycles. The van der Waals surface area contributed by atoms with E-state index in [1.165, 1.54) is 6.07 Å². The maximum absolute atomic E-state index is 9.92. The van der Waals surface area contributed by atoms with Gasteiger partial charge >= 0.3 is 0 Å². The normalized spacial score (nSPS) is 10.6. The molecule has 0 amide bonds. The van der Waals surface area contributed by atoms with Crippen LogP contribution < -0.4 is 17.2 Å². The molecule has 0 saturated carbocycles. The molecule has 0 spiro atoms. The minimum atomic E-state index is 0.0196. The Balaban J connectivity index is 2.63. The number of phenolic OH excluding ortho intramolecular Hbond substituents is 1. The molecule has 0 aliphatic heterocycles. The lowest BCUT2D eigenvalue weighted by molar-refractivity contribution is 0.299. The van der Waals surface area contributed by atoms with Crippen LogP contribution in [0.1, 0.15) is 5.56 Å². The van der Waals surface area contributed by atoms with Crippen molar-refractivity contribution in [1.29, 1.82) is 0 Å². The Kier molecular flexibility index (Phi) is 3.48. The zero-order chi connectivity index (χ0) is 14.0. The lowest BCUT2D eigenvalue weighted by Crippen LogP contribution is -2.01. The molecule has 0 aromatic heterocycles. The fourth-order valence-electron chi connectivity index (χ4n) is 2.00. The van der Waals surface area contributed by atoms with Crippen LogP contribution in [0.15, 0.2) is 30.3 Å². The average Bonchev–Trinajstić information content (AvgIpc) is 2.37. The topological polar surface area (TPSA) is 119 Å². The van der Waals surface area contributed by atoms with Crippen LogP contribution in [0.2, 0.25) is 0 Å². The molecular formula is C14H17N3O2. The van der Waals surface area contributed by atoms with Gasteiger partial charge in [-0.15, -0.1) is 0 Å². The minimum Gasteiger partial charge on any atom is -0.507 e. The van der Waals surface area contributed by atoms with Crippen LogP contribution in [-0.2, 0) is 6.42 Å². The first-order valence-corrected chi connectivity index (χ1v) is 5.90. The first-order valence-electron chi connectivity index (χ1n) is 5.90. The summed E-state index contributed by atoms with van der Waals surface area (Å²) in [5.74, 6) is 0.0847. The largest absolute Gasteiger partial charge is 0.507 e. The third kappa shape index (κ3) is 2.56. The van der Waals surface area contributed by atoms with Crippen molar-refractivity contribution < 1.29 is 10.2 Å². The highest BCUT2D eigenvalue weighted by molar-refractivity contribution is 5.88. The number of hydrogen-bond acceptors (Lipinski definition) is 5. The molecule has 100 valence electrons. The molecule has 0 unspecified atom stereocenters. The van der Waals surface area contributed by atoms with Crippen LogP contribution in [0.25, 0.3) is 11.1 Å². The summed E-state index contributed by atoms with van der Waals surface area (Å²) in [4.78, 5) is 0. The number of aliphatic hydroxyl groups excluding tert-OH is 1. The number of nitrogens with two attached hydrogens (primary N) is 3. The van der Waals surface area contributed by atoms with Gasteiger partial charge in [-0.1, -0.05) is 0 Å². The number of nitrogen functional groups attached to an aromatic ring is 3. The molecule has 0 radical (unpaired) electrons. The van der Waals surface area contributed by atoms with E-state index in [9.17, 15) is 5.11 Å². The Morgan fingerprint density at radius 3 is 2.37 bits per heavy atom. The Hall–Kier alpha value is -2.40. The number of hydrogen-bond donors (Lipinski definition) is 5. The number of phenols is 1. The van der Waals surface area contributed by atoms with Gasteiger partial charge in [-0.3, -0.25) is 0 Å². The van der Waals surface area contributed by atoms with E-state index in [1.54, 1.807) is 24.3 Å². The molecule has 5 nitrogen and oxygen atoms in total. The molecule has 0 bridgehead atoms. The molecule has 19 heavy (non-hydrogen) atoms. The monoisotopic (exact) mass is 259 g/mol. The second-order valence-electron chi connectivity index (χ2n) is 4.40. The van der Waals surface area contributed by atoms with Crippen molar-refractivity contribution in [2.75, 3.05) is 23.8 Å². The van der Waals surface area contributed by atoms with Crippen molar-refractivity contribution in [3.05, 3.63) is 35.9 Å². The van der Waals surface area contributed by atoms with Crippen molar-refractivity contribution >= 4 is 17.1 Å². The van der Waals surface area contributed by atoms with Gasteiger partial charge in [0, 0.05) is 23.4 Å². The Bertz CT molecular complexity index is 612. The molecule has 0 fully saturated rings. The van der Waals surface area contributed by atoms with Crippen LogP contribution in [-0.4, -0.2) is 16.8 Å². The van der Waals surface area contributed by atoms with Gasteiger partial charge in [-0.2, -0.15) is 0 Å². The number of aliphatic hydroxyl groups is 1. The highest BCUT2D eigenvalue weighted by Gasteiger charge is 2.12. The molecule has 5 heteroatoms. The van der Waals surface area contributed by atoms with Crippen molar-refractivity contribution in [1.82, 2.24) is 0 Å². The van der Waals surface area contributed by atoms with Crippen LogP contribution in [0.5, 0.6) is 5.75 Å². The van der Waals surface area contributed by atoms with Crippen LogP contribution in [0, 0.1) is 0 Å². The fourth-order valence-corrected chi connectivity index (χ4v) is 2.00. The van der Waals surface area contributed by atoms with Crippen LogP contribution in [0.3, 0.4) is 0 Å². The summed E-state index contributed by atoms with van der Waals surface area (Å²) in [6.07, 6.45) is 0.473. The second-order valence-corrected chi connectivity index (χ2v) is 4.40. The molecule has 2 aromatic rings. The van der Waals surface area contributed by atoms with Gasteiger partial charge < -0.3 is 27.4 Å². The first kappa shape index (κ1) is 13.0. The molecule has 0 saturated heterocycles. The third-order valence-electron chi connectivity index (χ3n) is 2.98. The fraction of sp³-hybridized carbons (Fsp3) is 0.143. The van der Waals surface area contributed by atoms with E-state index in [2.05, 4.69) is 0 Å². The Labute approximate surface area is 111 Å². The van der Waals surface area contributed by atoms with E-state index in [4.69, 9.17) is 22.3 Å².